The number of nitrogens with zero attached hydrogens (tertiary/aromatic N) is 1. The molecule has 0 bridgehead atoms. The van der Waals surface area contributed by atoms with Crippen molar-refractivity contribution < 1.29 is 9.53 Å². The normalized spacial score (nSPS) is 10.2. The van der Waals surface area contributed by atoms with Crippen LogP contribution in [0.1, 0.15) is 15.4 Å². The summed E-state index contributed by atoms with van der Waals surface area (Å²) < 4.78 is 5.04. The predicted octanol–water partition coefficient (Wildman–Crippen LogP) is 3.37. The second kappa shape index (κ2) is 5.37. The maximum atomic E-state index is 11.9. The molecule has 0 aliphatic carbocycles. The quantitative estimate of drug-likeness (QED) is 0.939. The van der Waals surface area contributed by atoms with Gasteiger partial charge in [0.25, 0.3) is 5.91 Å². The number of anilines is 1. The molecule has 0 aliphatic rings. The number of benzene rings is 1. The summed E-state index contributed by atoms with van der Waals surface area (Å²) in [4.78, 5) is 16.6. The second-order valence-corrected chi connectivity index (χ2v) is 4.83. The smallest absolute Gasteiger partial charge is 0.267 e. The van der Waals surface area contributed by atoms with E-state index in [1.807, 2.05) is 0 Å². The summed E-state index contributed by atoms with van der Waals surface area (Å²) >= 11 is 7.29. The summed E-state index contributed by atoms with van der Waals surface area (Å²) in [6.07, 6.45) is 0. The Morgan fingerprint density at radius 3 is 2.83 bits per heavy atom. The van der Waals surface area contributed by atoms with Gasteiger partial charge in [0, 0.05) is 5.69 Å². The van der Waals surface area contributed by atoms with Crippen LogP contribution >= 0.6 is 22.9 Å². The third kappa shape index (κ3) is 2.63. The number of carbonyl (C=O) groups is 1. The lowest BCUT2D eigenvalue weighted by molar-refractivity contribution is 0.103. The molecular formula is C12H11ClN2O2S. The molecule has 94 valence electrons. The molecule has 2 rings (SSSR count). The van der Waals surface area contributed by atoms with E-state index in [0.717, 1.165) is 5.69 Å². The molecule has 1 heterocycles. The number of nitrogens with one attached hydrogen (secondary N) is 1. The zero-order chi connectivity index (χ0) is 13.1. The fraction of sp³-hybridized carbons (Fsp3) is 0.167. The zero-order valence-electron chi connectivity index (χ0n) is 9.86. The van der Waals surface area contributed by atoms with Gasteiger partial charge in [-0.15, -0.1) is 11.3 Å². The molecule has 2 aromatic rings. The van der Waals surface area contributed by atoms with Gasteiger partial charge in [0.1, 0.15) is 10.6 Å². The molecule has 1 amide bonds. The Kier molecular flexibility index (Phi) is 3.84. The van der Waals surface area contributed by atoms with E-state index in [9.17, 15) is 4.79 Å². The SMILES string of the molecule is COc1ccc(NC(=O)c2scnc2C)cc1Cl. The van der Waals surface area contributed by atoms with Gasteiger partial charge < -0.3 is 10.1 Å². The topological polar surface area (TPSA) is 51.2 Å². The van der Waals surface area contributed by atoms with Crippen molar-refractivity contribution in [3.05, 3.63) is 39.3 Å². The lowest BCUT2D eigenvalue weighted by Crippen LogP contribution is -2.11. The number of halogens is 1. The summed E-state index contributed by atoms with van der Waals surface area (Å²) in [5, 5.41) is 3.22. The molecule has 0 saturated carbocycles. The van der Waals surface area contributed by atoms with Crippen molar-refractivity contribution in [1.29, 1.82) is 0 Å². The summed E-state index contributed by atoms with van der Waals surface area (Å²) in [5.74, 6) is 0.389. The van der Waals surface area contributed by atoms with Crippen molar-refractivity contribution in [3.63, 3.8) is 0 Å². The Bertz CT molecular complexity index is 583. The van der Waals surface area contributed by atoms with Crippen LogP contribution in [0.3, 0.4) is 0 Å². The Labute approximate surface area is 114 Å². The summed E-state index contributed by atoms with van der Waals surface area (Å²) in [6, 6.07) is 5.09. The van der Waals surface area contributed by atoms with E-state index < -0.39 is 0 Å². The molecule has 0 fully saturated rings. The van der Waals surface area contributed by atoms with Crippen molar-refractivity contribution in [3.8, 4) is 5.75 Å². The van der Waals surface area contributed by atoms with Crippen LogP contribution in [0.5, 0.6) is 5.75 Å². The van der Waals surface area contributed by atoms with Crippen LogP contribution in [0.4, 0.5) is 5.69 Å². The largest absolute Gasteiger partial charge is 0.495 e. The van der Waals surface area contributed by atoms with Crippen molar-refractivity contribution >= 4 is 34.5 Å². The number of ether oxygens (including phenoxy) is 1. The third-order valence-electron chi connectivity index (χ3n) is 2.36. The highest BCUT2D eigenvalue weighted by molar-refractivity contribution is 7.12. The van der Waals surface area contributed by atoms with E-state index in [1.165, 1.54) is 11.3 Å². The van der Waals surface area contributed by atoms with Crippen LogP contribution in [-0.4, -0.2) is 18.0 Å². The van der Waals surface area contributed by atoms with Crippen molar-refractivity contribution in [2.45, 2.75) is 6.92 Å². The number of hydrogen-bond acceptors (Lipinski definition) is 4. The van der Waals surface area contributed by atoms with Crippen molar-refractivity contribution in [2.75, 3.05) is 12.4 Å². The van der Waals surface area contributed by atoms with E-state index in [2.05, 4.69) is 10.3 Å². The van der Waals surface area contributed by atoms with Gasteiger partial charge in [-0.1, -0.05) is 11.6 Å². The first-order valence-corrected chi connectivity index (χ1v) is 6.42. The van der Waals surface area contributed by atoms with Crippen LogP contribution < -0.4 is 10.1 Å². The minimum atomic E-state index is -0.184. The molecule has 1 aromatic carbocycles. The monoisotopic (exact) mass is 282 g/mol. The maximum Gasteiger partial charge on any atom is 0.267 e. The summed E-state index contributed by atoms with van der Waals surface area (Å²) in [7, 11) is 1.54. The van der Waals surface area contributed by atoms with Gasteiger partial charge in [-0.25, -0.2) is 4.98 Å². The van der Waals surface area contributed by atoms with E-state index in [-0.39, 0.29) is 5.91 Å². The first-order chi connectivity index (χ1) is 8.61. The number of aryl methyl sites for hydroxylation is 1. The van der Waals surface area contributed by atoms with Crippen LogP contribution in [-0.2, 0) is 0 Å². The lowest BCUT2D eigenvalue weighted by atomic mass is 10.3. The number of rotatable bonds is 3. The summed E-state index contributed by atoms with van der Waals surface area (Å²) in [5.41, 5.74) is 2.99. The van der Waals surface area contributed by atoms with Crippen LogP contribution in [0.15, 0.2) is 23.7 Å². The highest BCUT2D eigenvalue weighted by atomic mass is 35.5. The minimum Gasteiger partial charge on any atom is -0.495 e. The van der Waals surface area contributed by atoms with Crippen molar-refractivity contribution in [1.82, 2.24) is 4.98 Å². The van der Waals surface area contributed by atoms with Crippen LogP contribution in [0.2, 0.25) is 5.02 Å². The number of carbonyl (C=O) groups excluding carboxylic acids is 1. The molecule has 4 nitrogen and oxygen atoms in total. The highest BCUT2D eigenvalue weighted by Gasteiger charge is 2.12. The molecule has 0 aliphatic heterocycles. The van der Waals surface area contributed by atoms with Gasteiger partial charge in [0.15, 0.2) is 0 Å². The van der Waals surface area contributed by atoms with E-state index in [4.69, 9.17) is 16.3 Å². The number of hydrogen-bond donors (Lipinski definition) is 1. The average molecular weight is 283 g/mol. The van der Waals surface area contributed by atoms with E-state index in [0.29, 0.717) is 21.3 Å². The highest BCUT2D eigenvalue weighted by Crippen LogP contribution is 2.27. The molecule has 0 radical (unpaired) electrons. The van der Waals surface area contributed by atoms with Crippen LogP contribution in [0, 0.1) is 6.92 Å². The Morgan fingerprint density at radius 2 is 2.28 bits per heavy atom. The molecule has 18 heavy (non-hydrogen) atoms. The lowest BCUT2D eigenvalue weighted by Gasteiger charge is -2.07. The third-order valence-corrected chi connectivity index (χ3v) is 3.58. The van der Waals surface area contributed by atoms with Gasteiger partial charge >= 0.3 is 0 Å². The molecule has 0 atom stereocenters. The fourth-order valence-electron chi connectivity index (χ4n) is 1.45. The Balaban J connectivity index is 2.17. The number of thiazole rings is 1. The van der Waals surface area contributed by atoms with E-state index in [1.54, 1.807) is 37.7 Å². The fourth-order valence-corrected chi connectivity index (χ4v) is 2.41. The first-order valence-electron chi connectivity index (χ1n) is 5.17. The summed E-state index contributed by atoms with van der Waals surface area (Å²) in [6.45, 7) is 1.80. The van der Waals surface area contributed by atoms with Crippen molar-refractivity contribution in [2.24, 2.45) is 0 Å². The minimum absolute atomic E-state index is 0.184. The maximum absolute atomic E-state index is 11.9. The van der Waals surface area contributed by atoms with Gasteiger partial charge in [-0.3, -0.25) is 4.79 Å². The molecule has 0 saturated heterocycles. The first kappa shape index (κ1) is 12.9. The molecule has 1 N–H and O–H groups in total. The van der Waals surface area contributed by atoms with E-state index >= 15 is 0 Å². The second-order valence-electron chi connectivity index (χ2n) is 3.57. The zero-order valence-corrected chi connectivity index (χ0v) is 11.4. The number of methoxy groups -OCH3 is 1. The Hall–Kier alpha value is -1.59. The molecule has 0 spiro atoms. The van der Waals surface area contributed by atoms with Gasteiger partial charge in [0.2, 0.25) is 0 Å². The number of amides is 1. The molecular weight excluding hydrogens is 272 g/mol. The average Bonchev–Trinajstić information content (AvgIpc) is 2.76. The van der Waals surface area contributed by atoms with Gasteiger partial charge in [-0.2, -0.15) is 0 Å². The Morgan fingerprint density at radius 1 is 1.50 bits per heavy atom. The standard InChI is InChI=1S/C12H11ClN2O2S/c1-7-11(18-6-14-7)12(16)15-8-3-4-10(17-2)9(13)5-8/h3-6H,1-2H3,(H,15,16). The van der Waals surface area contributed by atoms with Gasteiger partial charge in [-0.05, 0) is 25.1 Å². The molecule has 0 unspecified atom stereocenters. The van der Waals surface area contributed by atoms with Crippen LogP contribution in [0.25, 0.3) is 0 Å². The number of aromatic nitrogens is 1. The molecule has 6 heteroatoms. The molecule has 1 aromatic heterocycles. The van der Waals surface area contributed by atoms with Gasteiger partial charge in [0.05, 0.1) is 23.3 Å². The predicted molar refractivity (Wildman–Crippen MR) is 72.8 cm³/mol.